The molecule has 0 atom stereocenters. The van der Waals surface area contributed by atoms with Crippen LogP contribution in [0.1, 0.15) is 19.4 Å². The highest BCUT2D eigenvalue weighted by molar-refractivity contribution is 5.85. The summed E-state index contributed by atoms with van der Waals surface area (Å²) in [5.41, 5.74) is 0.815. The van der Waals surface area contributed by atoms with E-state index >= 15 is 0 Å². The molecule has 0 N–H and O–H groups in total. The normalized spacial score (nSPS) is 10.1. The van der Waals surface area contributed by atoms with Crippen molar-refractivity contribution in [2.24, 2.45) is 0 Å². The lowest BCUT2D eigenvalue weighted by Gasteiger charge is -2.23. The van der Waals surface area contributed by atoms with Crippen LogP contribution in [0.5, 0.6) is 11.5 Å². The zero-order valence-corrected chi connectivity index (χ0v) is 14.6. The van der Waals surface area contributed by atoms with Gasteiger partial charge in [-0.15, -0.1) is 0 Å². The quantitative estimate of drug-likeness (QED) is 0.729. The summed E-state index contributed by atoms with van der Waals surface area (Å²) in [7, 11) is 4.76. The minimum absolute atomic E-state index is 0.0434. The first-order chi connectivity index (χ1) is 11.0. The summed E-state index contributed by atoms with van der Waals surface area (Å²) in [5.74, 6) is 1.05. The fourth-order valence-electron chi connectivity index (χ4n) is 2.27. The summed E-state index contributed by atoms with van der Waals surface area (Å²) in [6, 6.07) is 5.36. The summed E-state index contributed by atoms with van der Waals surface area (Å²) in [6.07, 6.45) is 0.211. The molecule has 0 radical (unpaired) electrons. The zero-order valence-electron chi connectivity index (χ0n) is 14.6. The van der Waals surface area contributed by atoms with Crippen LogP contribution in [0.4, 0.5) is 0 Å². The number of amides is 2. The molecular formula is C17H26N2O4. The SMILES string of the molecule is CCN(CC)C(=O)CN(C)C(=O)Cc1ccc(OC)c(OC)c1. The van der Waals surface area contributed by atoms with Gasteiger partial charge in [0.05, 0.1) is 27.2 Å². The van der Waals surface area contributed by atoms with Gasteiger partial charge in [0.15, 0.2) is 11.5 Å². The van der Waals surface area contributed by atoms with Crippen molar-refractivity contribution in [3.8, 4) is 11.5 Å². The van der Waals surface area contributed by atoms with E-state index < -0.39 is 0 Å². The molecule has 0 heterocycles. The first kappa shape index (κ1) is 18.8. The molecule has 0 spiro atoms. The van der Waals surface area contributed by atoms with E-state index in [-0.39, 0.29) is 24.8 Å². The van der Waals surface area contributed by atoms with Crippen LogP contribution < -0.4 is 9.47 Å². The number of carbonyl (C=O) groups excluding carboxylic acids is 2. The smallest absolute Gasteiger partial charge is 0.242 e. The van der Waals surface area contributed by atoms with Crippen LogP contribution in [-0.4, -0.2) is 62.5 Å². The second-order valence-electron chi connectivity index (χ2n) is 5.18. The molecule has 0 aromatic heterocycles. The third-order valence-corrected chi connectivity index (χ3v) is 3.72. The maximum Gasteiger partial charge on any atom is 0.242 e. The number of nitrogens with zero attached hydrogens (tertiary/aromatic N) is 2. The zero-order chi connectivity index (χ0) is 17.4. The Morgan fingerprint density at radius 1 is 1.00 bits per heavy atom. The van der Waals surface area contributed by atoms with Gasteiger partial charge in [-0.3, -0.25) is 9.59 Å². The second kappa shape index (κ2) is 9.02. The monoisotopic (exact) mass is 322 g/mol. The van der Waals surface area contributed by atoms with Crippen LogP contribution in [0, 0.1) is 0 Å². The van der Waals surface area contributed by atoms with Crippen molar-refractivity contribution in [3.63, 3.8) is 0 Å². The molecule has 0 aliphatic heterocycles. The fourth-order valence-corrected chi connectivity index (χ4v) is 2.27. The van der Waals surface area contributed by atoms with Gasteiger partial charge >= 0.3 is 0 Å². The largest absolute Gasteiger partial charge is 0.493 e. The molecule has 0 fully saturated rings. The summed E-state index contributed by atoms with van der Waals surface area (Å²) in [5, 5.41) is 0. The maximum absolute atomic E-state index is 12.3. The van der Waals surface area contributed by atoms with E-state index in [0.29, 0.717) is 24.6 Å². The Hall–Kier alpha value is -2.24. The van der Waals surface area contributed by atoms with E-state index in [1.807, 2.05) is 19.9 Å². The van der Waals surface area contributed by atoms with E-state index in [1.165, 1.54) is 4.90 Å². The second-order valence-corrected chi connectivity index (χ2v) is 5.18. The van der Waals surface area contributed by atoms with Gasteiger partial charge in [0.25, 0.3) is 0 Å². The molecule has 6 heteroatoms. The van der Waals surface area contributed by atoms with Gasteiger partial charge in [-0.2, -0.15) is 0 Å². The number of methoxy groups -OCH3 is 2. The molecule has 0 unspecified atom stereocenters. The van der Waals surface area contributed by atoms with Crippen molar-refractivity contribution < 1.29 is 19.1 Å². The van der Waals surface area contributed by atoms with Crippen molar-refractivity contribution in [2.45, 2.75) is 20.3 Å². The third-order valence-electron chi connectivity index (χ3n) is 3.72. The number of hydrogen-bond donors (Lipinski definition) is 0. The molecule has 23 heavy (non-hydrogen) atoms. The number of likely N-dealkylation sites (N-methyl/N-ethyl adjacent to an activating group) is 2. The molecule has 0 bridgehead atoms. The van der Waals surface area contributed by atoms with Gasteiger partial charge in [-0.25, -0.2) is 0 Å². The van der Waals surface area contributed by atoms with Crippen LogP contribution in [0.3, 0.4) is 0 Å². The van der Waals surface area contributed by atoms with Crippen LogP contribution >= 0.6 is 0 Å². The van der Waals surface area contributed by atoms with Crippen LogP contribution in [-0.2, 0) is 16.0 Å². The number of ether oxygens (including phenoxy) is 2. The molecule has 0 aliphatic carbocycles. The van der Waals surface area contributed by atoms with E-state index in [2.05, 4.69) is 0 Å². The Bertz CT molecular complexity index is 541. The highest BCUT2D eigenvalue weighted by Crippen LogP contribution is 2.27. The molecule has 0 saturated carbocycles. The number of rotatable bonds is 8. The summed E-state index contributed by atoms with van der Waals surface area (Å²) in [6.45, 7) is 5.23. The molecule has 2 amide bonds. The lowest BCUT2D eigenvalue weighted by molar-refractivity contribution is -0.138. The van der Waals surface area contributed by atoms with Gasteiger partial charge in [-0.1, -0.05) is 6.07 Å². The van der Waals surface area contributed by atoms with Gasteiger partial charge in [0.1, 0.15) is 0 Å². The molecule has 0 saturated heterocycles. The maximum atomic E-state index is 12.3. The van der Waals surface area contributed by atoms with Gasteiger partial charge in [-0.05, 0) is 31.5 Å². The van der Waals surface area contributed by atoms with Gasteiger partial charge in [0, 0.05) is 20.1 Å². The summed E-state index contributed by atoms with van der Waals surface area (Å²) < 4.78 is 10.4. The predicted octanol–water partition coefficient (Wildman–Crippen LogP) is 1.57. The summed E-state index contributed by atoms with van der Waals surface area (Å²) >= 11 is 0. The number of carbonyl (C=O) groups is 2. The van der Waals surface area contributed by atoms with E-state index in [4.69, 9.17) is 9.47 Å². The Morgan fingerprint density at radius 3 is 2.13 bits per heavy atom. The van der Waals surface area contributed by atoms with Crippen molar-refractivity contribution in [3.05, 3.63) is 23.8 Å². The highest BCUT2D eigenvalue weighted by atomic mass is 16.5. The summed E-state index contributed by atoms with van der Waals surface area (Å²) in [4.78, 5) is 27.5. The van der Waals surface area contributed by atoms with Gasteiger partial charge in [0.2, 0.25) is 11.8 Å². The van der Waals surface area contributed by atoms with Crippen molar-refractivity contribution >= 4 is 11.8 Å². The molecule has 128 valence electrons. The average Bonchev–Trinajstić information content (AvgIpc) is 2.55. The van der Waals surface area contributed by atoms with Crippen LogP contribution in [0.2, 0.25) is 0 Å². The molecule has 1 aromatic rings. The van der Waals surface area contributed by atoms with E-state index in [9.17, 15) is 9.59 Å². The number of benzene rings is 1. The van der Waals surface area contributed by atoms with Crippen LogP contribution in [0.25, 0.3) is 0 Å². The van der Waals surface area contributed by atoms with Crippen molar-refractivity contribution in [2.75, 3.05) is 40.9 Å². The minimum Gasteiger partial charge on any atom is -0.493 e. The van der Waals surface area contributed by atoms with Crippen LogP contribution in [0.15, 0.2) is 18.2 Å². The standard InChI is InChI=1S/C17H26N2O4/c1-6-19(7-2)17(21)12-18(3)16(20)11-13-8-9-14(22-4)15(10-13)23-5/h8-10H,6-7,11-12H2,1-5H3. The first-order valence-electron chi connectivity index (χ1n) is 7.69. The fraction of sp³-hybridized carbons (Fsp3) is 0.529. The Kier molecular flexibility index (Phi) is 7.38. The molecule has 0 aliphatic rings. The third kappa shape index (κ3) is 5.16. The molecule has 1 rings (SSSR count). The van der Waals surface area contributed by atoms with Crippen molar-refractivity contribution in [1.82, 2.24) is 9.80 Å². The number of hydrogen-bond acceptors (Lipinski definition) is 4. The average molecular weight is 322 g/mol. The van der Waals surface area contributed by atoms with E-state index in [1.54, 1.807) is 38.3 Å². The predicted molar refractivity (Wildman–Crippen MR) is 88.8 cm³/mol. The topological polar surface area (TPSA) is 59.1 Å². The minimum atomic E-state index is -0.113. The highest BCUT2D eigenvalue weighted by Gasteiger charge is 2.17. The first-order valence-corrected chi connectivity index (χ1v) is 7.69. The van der Waals surface area contributed by atoms with Crippen molar-refractivity contribution in [1.29, 1.82) is 0 Å². The lowest BCUT2D eigenvalue weighted by atomic mass is 10.1. The Morgan fingerprint density at radius 2 is 1.61 bits per heavy atom. The Labute approximate surface area is 138 Å². The molecule has 1 aromatic carbocycles. The lowest BCUT2D eigenvalue weighted by Crippen LogP contribution is -2.41. The Balaban J connectivity index is 2.70. The molecular weight excluding hydrogens is 296 g/mol. The van der Waals surface area contributed by atoms with Gasteiger partial charge < -0.3 is 19.3 Å². The van der Waals surface area contributed by atoms with E-state index in [0.717, 1.165) is 5.56 Å². The molecule has 6 nitrogen and oxygen atoms in total.